The molecule has 3 N–H and O–H groups in total. The molecule has 1 saturated heterocycles. The van der Waals surface area contributed by atoms with Crippen LogP contribution in [-0.4, -0.2) is 56.4 Å². The van der Waals surface area contributed by atoms with Gasteiger partial charge >= 0.3 is 0 Å². The lowest BCUT2D eigenvalue weighted by Crippen LogP contribution is -2.59. The van der Waals surface area contributed by atoms with Crippen LogP contribution in [0.25, 0.3) is 0 Å². The smallest absolute Gasteiger partial charge is 0.241 e. The van der Waals surface area contributed by atoms with Crippen LogP contribution >= 0.6 is 12.4 Å². The molecule has 2 atom stereocenters. The Morgan fingerprint density at radius 1 is 1.15 bits per heavy atom. The maximum atomic E-state index is 12.9. The van der Waals surface area contributed by atoms with Crippen molar-refractivity contribution in [3.8, 4) is 0 Å². The van der Waals surface area contributed by atoms with Crippen molar-refractivity contribution < 1.29 is 18.0 Å². The first-order valence-corrected chi connectivity index (χ1v) is 11.1. The van der Waals surface area contributed by atoms with E-state index in [0.717, 1.165) is 25.5 Å². The maximum absolute atomic E-state index is 12.9. The van der Waals surface area contributed by atoms with Crippen LogP contribution in [0.3, 0.4) is 0 Å². The summed E-state index contributed by atoms with van der Waals surface area (Å²) in [6, 6.07) is -0.0524. The molecule has 0 spiro atoms. The van der Waals surface area contributed by atoms with Gasteiger partial charge in [0.25, 0.3) is 0 Å². The van der Waals surface area contributed by atoms with E-state index in [1.165, 1.54) is 0 Å². The quantitative estimate of drug-likeness (QED) is 0.622. The van der Waals surface area contributed by atoms with Crippen LogP contribution in [0.5, 0.6) is 0 Å². The minimum atomic E-state index is -3.51. The van der Waals surface area contributed by atoms with E-state index < -0.39 is 20.5 Å². The maximum Gasteiger partial charge on any atom is 0.241 e. The highest BCUT2D eigenvalue weighted by Gasteiger charge is 2.49. The van der Waals surface area contributed by atoms with Gasteiger partial charge in [-0.1, -0.05) is 6.42 Å². The largest absolute Gasteiger partial charge is 0.354 e. The number of carbonyl (C=O) groups excluding carboxylic acids is 2. The summed E-state index contributed by atoms with van der Waals surface area (Å²) in [5.41, 5.74) is 0. The molecular formula is C17H32ClN3O4S. The summed E-state index contributed by atoms with van der Waals surface area (Å²) in [7, 11) is -3.51. The number of nitrogens with one attached hydrogen (secondary N) is 3. The Morgan fingerprint density at radius 3 is 2.31 bits per heavy atom. The van der Waals surface area contributed by atoms with Gasteiger partial charge in [0.15, 0.2) is 14.6 Å². The number of halogens is 1. The highest BCUT2D eigenvalue weighted by atomic mass is 35.5. The van der Waals surface area contributed by atoms with E-state index >= 15 is 0 Å². The lowest BCUT2D eigenvalue weighted by atomic mass is 9.84. The zero-order valence-corrected chi connectivity index (χ0v) is 17.5. The average molecular weight is 410 g/mol. The predicted molar refractivity (Wildman–Crippen MR) is 104 cm³/mol. The van der Waals surface area contributed by atoms with Crippen molar-refractivity contribution in [3.05, 3.63) is 0 Å². The van der Waals surface area contributed by atoms with Crippen molar-refractivity contribution in [2.75, 3.05) is 19.3 Å². The fraction of sp³-hybridized carbons (Fsp3) is 0.882. The van der Waals surface area contributed by atoms with Gasteiger partial charge in [-0.2, -0.15) is 0 Å². The van der Waals surface area contributed by atoms with Crippen molar-refractivity contribution in [1.82, 2.24) is 16.0 Å². The average Bonchev–Trinajstić information content (AvgIpc) is 2.54. The molecule has 2 fully saturated rings. The van der Waals surface area contributed by atoms with Crippen LogP contribution in [0.1, 0.15) is 52.4 Å². The van der Waals surface area contributed by atoms with Gasteiger partial charge in [-0.15, -0.1) is 12.4 Å². The van der Waals surface area contributed by atoms with E-state index in [2.05, 4.69) is 16.0 Å². The predicted octanol–water partition coefficient (Wildman–Crippen LogP) is 0.775. The summed E-state index contributed by atoms with van der Waals surface area (Å²) in [4.78, 5) is 25.1. The summed E-state index contributed by atoms with van der Waals surface area (Å²) >= 11 is 0. The fourth-order valence-corrected chi connectivity index (χ4v) is 5.22. The molecule has 1 saturated carbocycles. The third kappa shape index (κ3) is 5.33. The second-order valence-electron chi connectivity index (χ2n) is 7.71. The molecule has 2 amide bonds. The SMILES string of the molecule is CC(C)NC(=O)C1CCCC(NC(=O)C2(S(C)(=O)=O)CCNCC2)C1.Cl. The molecule has 1 aliphatic heterocycles. The van der Waals surface area contributed by atoms with E-state index in [-0.39, 0.29) is 36.3 Å². The molecule has 9 heteroatoms. The van der Waals surface area contributed by atoms with Crippen LogP contribution in [0.2, 0.25) is 0 Å². The van der Waals surface area contributed by atoms with Gasteiger partial charge in [-0.05, 0) is 59.0 Å². The molecular weight excluding hydrogens is 378 g/mol. The Labute approximate surface area is 162 Å². The Hall–Kier alpha value is -0.860. The summed E-state index contributed by atoms with van der Waals surface area (Å²) < 4.78 is 23.3. The van der Waals surface area contributed by atoms with E-state index in [9.17, 15) is 18.0 Å². The van der Waals surface area contributed by atoms with Gasteiger partial charge in [-0.25, -0.2) is 8.42 Å². The molecule has 152 valence electrons. The molecule has 1 heterocycles. The Morgan fingerprint density at radius 2 is 1.77 bits per heavy atom. The van der Waals surface area contributed by atoms with E-state index in [4.69, 9.17) is 0 Å². The fourth-order valence-electron chi connectivity index (χ4n) is 3.88. The molecule has 2 aliphatic rings. The summed E-state index contributed by atoms with van der Waals surface area (Å²) in [5.74, 6) is -0.497. The molecule has 0 radical (unpaired) electrons. The highest BCUT2D eigenvalue weighted by Crippen LogP contribution is 2.30. The van der Waals surface area contributed by atoms with Gasteiger partial charge in [0.1, 0.15) is 0 Å². The monoisotopic (exact) mass is 409 g/mol. The Balaban J connectivity index is 0.00000338. The minimum absolute atomic E-state index is 0. The lowest BCUT2D eigenvalue weighted by Gasteiger charge is -2.37. The zero-order chi connectivity index (χ0) is 18.7. The van der Waals surface area contributed by atoms with Gasteiger partial charge in [-0.3, -0.25) is 9.59 Å². The van der Waals surface area contributed by atoms with E-state index in [1.807, 2.05) is 13.8 Å². The molecule has 0 aromatic rings. The molecule has 1 aliphatic carbocycles. The number of hydrogen-bond donors (Lipinski definition) is 3. The molecule has 0 bridgehead atoms. The number of sulfone groups is 1. The number of piperidine rings is 1. The van der Waals surface area contributed by atoms with Crippen LogP contribution in [0.15, 0.2) is 0 Å². The standard InChI is InChI=1S/C17H31N3O4S.ClH/c1-12(2)19-15(21)13-5-4-6-14(11-13)20-16(22)17(25(3,23)24)7-9-18-10-8-17;/h12-14,18H,4-11H2,1-3H3,(H,19,21)(H,20,22);1H. The van der Waals surface area contributed by atoms with Crippen LogP contribution in [0, 0.1) is 5.92 Å². The zero-order valence-electron chi connectivity index (χ0n) is 15.8. The van der Waals surface area contributed by atoms with E-state index in [1.54, 1.807) is 0 Å². The number of hydrogen-bond acceptors (Lipinski definition) is 5. The van der Waals surface area contributed by atoms with Crippen LogP contribution in [0.4, 0.5) is 0 Å². The van der Waals surface area contributed by atoms with E-state index in [0.29, 0.717) is 32.4 Å². The van der Waals surface area contributed by atoms with Gasteiger partial charge in [0, 0.05) is 24.3 Å². The van der Waals surface area contributed by atoms with Gasteiger partial charge in [0.2, 0.25) is 11.8 Å². The third-order valence-corrected chi connectivity index (χ3v) is 7.36. The van der Waals surface area contributed by atoms with Crippen molar-refractivity contribution in [3.63, 3.8) is 0 Å². The Kier molecular flexibility index (Phi) is 8.35. The first kappa shape index (κ1) is 23.2. The summed E-state index contributed by atoms with van der Waals surface area (Å²) in [6.07, 6.45) is 4.76. The van der Waals surface area contributed by atoms with Crippen molar-refractivity contribution in [1.29, 1.82) is 0 Å². The molecule has 0 aromatic carbocycles. The number of rotatable bonds is 5. The lowest BCUT2D eigenvalue weighted by molar-refractivity contribution is -0.129. The number of amides is 2. The van der Waals surface area contributed by atoms with Gasteiger partial charge in [0.05, 0.1) is 0 Å². The summed E-state index contributed by atoms with van der Waals surface area (Å²) in [5, 5.41) is 8.99. The highest BCUT2D eigenvalue weighted by molar-refractivity contribution is 7.92. The summed E-state index contributed by atoms with van der Waals surface area (Å²) in [6.45, 7) is 4.88. The van der Waals surface area contributed by atoms with Crippen molar-refractivity contribution in [2.45, 2.75) is 69.2 Å². The Bertz CT molecular complexity index is 603. The normalized spacial score (nSPS) is 25.8. The molecule has 2 unspecified atom stereocenters. The second-order valence-corrected chi connectivity index (χ2v) is 10.0. The molecule has 26 heavy (non-hydrogen) atoms. The first-order valence-electron chi connectivity index (χ1n) is 9.17. The molecule has 0 aromatic heterocycles. The van der Waals surface area contributed by atoms with Crippen molar-refractivity contribution >= 4 is 34.1 Å². The molecule has 7 nitrogen and oxygen atoms in total. The third-order valence-electron chi connectivity index (χ3n) is 5.35. The first-order chi connectivity index (χ1) is 11.7. The van der Waals surface area contributed by atoms with Crippen molar-refractivity contribution in [2.24, 2.45) is 5.92 Å². The van der Waals surface area contributed by atoms with Crippen LogP contribution in [-0.2, 0) is 19.4 Å². The minimum Gasteiger partial charge on any atom is -0.354 e. The second kappa shape index (κ2) is 9.37. The topological polar surface area (TPSA) is 104 Å². The van der Waals surface area contributed by atoms with Crippen LogP contribution < -0.4 is 16.0 Å². The molecule has 2 rings (SSSR count). The number of carbonyl (C=O) groups is 2. The van der Waals surface area contributed by atoms with Gasteiger partial charge < -0.3 is 16.0 Å².